The highest BCUT2D eigenvalue weighted by molar-refractivity contribution is 5.82. The highest BCUT2D eigenvalue weighted by atomic mass is 16.2. The third kappa shape index (κ3) is 3.44. The molecule has 1 aliphatic heterocycles. The molecule has 0 aromatic heterocycles. The van der Waals surface area contributed by atoms with Gasteiger partial charge in [-0.3, -0.25) is 4.79 Å². The molecule has 1 atom stereocenters. The van der Waals surface area contributed by atoms with Crippen molar-refractivity contribution in [1.82, 2.24) is 4.90 Å². The zero-order valence-electron chi connectivity index (χ0n) is 12.0. The molecule has 0 aromatic carbocycles. The van der Waals surface area contributed by atoms with Gasteiger partial charge in [-0.05, 0) is 23.7 Å². The van der Waals surface area contributed by atoms with E-state index in [-0.39, 0.29) is 17.4 Å². The van der Waals surface area contributed by atoms with E-state index in [0.29, 0.717) is 5.41 Å². The van der Waals surface area contributed by atoms with Crippen molar-refractivity contribution in [2.75, 3.05) is 13.1 Å². The third-order valence-corrected chi connectivity index (χ3v) is 4.33. The van der Waals surface area contributed by atoms with Crippen molar-refractivity contribution in [3.05, 3.63) is 0 Å². The number of likely N-dealkylation sites (tertiary alicyclic amines) is 1. The summed E-state index contributed by atoms with van der Waals surface area (Å²) in [7, 11) is 0. The Morgan fingerprint density at radius 3 is 2.18 bits per heavy atom. The maximum Gasteiger partial charge on any atom is 0.240 e. The summed E-state index contributed by atoms with van der Waals surface area (Å²) in [6, 6.07) is -0.381. The van der Waals surface area contributed by atoms with Crippen molar-refractivity contribution in [3.63, 3.8) is 0 Å². The lowest BCUT2D eigenvalue weighted by Gasteiger charge is -2.41. The zero-order chi connectivity index (χ0) is 13.3. The molecule has 17 heavy (non-hydrogen) atoms. The first-order valence-electron chi connectivity index (χ1n) is 6.74. The zero-order valence-corrected chi connectivity index (χ0v) is 12.0. The summed E-state index contributed by atoms with van der Waals surface area (Å²) in [5.41, 5.74) is 6.30. The molecule has 0 spiro atoms. The topological polar surface area (TPSA) is 46.3 Å². The van der Waals surface area contributed by atoms with E-state index in [2.05, 4.69) is 13.8 Å². The summed E-state index contributed by atoms with van der Waals surface area (Å²) >= 11 is 0. The van der Waals surface area contributed by atoms with Crippen LogP contribution in [0.1, 0.15) is 53.9 Å². The third-order valence-electron chi connectivity index (χ3n) is 4.33. The Balaban J connectivity index is 2.58. The molecule has 0 radical (unpaired) electrons. The summed E-state index contributed by atoms with van der Waals surface area (Å²) in [6.07, 6.45) is 3.40. The van der Waals surface area contributed by atoms with Gasteiger partial charge in [0.15, 0.2) is 0 Å². The average Bonchev–Trinajstić information content (AvgIpc) is 2.27. The van der Waals surface area contributed by atoms with E-state index >= 15 is 0 Å². The normalized spacial score (nSPS) is 22.4. The van der Waals surface area contributed by atoms with E-state index in [1.54, 1.807) is 0 Å². The molecule has 0 saturated carbocycles. The van der Waals surface area contributed by atoms with E-state index in [1.165, 1.54) is 6.42 Å². The van der Waals surface area contributed by atoms with E-state index in [0.717, 1.165) is 25.9 Å². The van der Waals surface area contributed by atoms with Crippen LogP contribution in [-0.4, -0.2) is 29.9 Å². The minimum Gasteiger partial charge on any atom is -0.341 e. The van der Waals surface area contributed by atoms with Gasteiger partial charge in [0.05, 0.1) is 6.04 Å². The Kier molecular flexibility index (Phi) is 4.23. The predicted molar refractivity (Wildman–Crippen MR) is 71.6 cm³/mol. The van der Waals surface area contributed by atoms with Gasteiger partial charge in [0.25, 0.3) is 0 Å². The van der Waals surface area contributed by atoms with Gasteiger partial charge in [-0.15, -0.1) is 0 Å². The summed E-state index contributed by atoms with van der Waals surface area (Å²) < 4.78 is 0. The first kappa shape index (κ1) is 14.5. The van der Waals surface area contributed by atoms with Gasteiger partial charge >= 0.3 is 0 Å². The first-order valence-corrected chi connectivity index (χ1v) is 6.74. The highest BCUT2D eigenvalue weighted by Crippen LogP contribution is 2.34. The molecule has 1 heterocycles. The lowest BCUT2D eigenvalue weighted by molar-refractivity contribution is -0.137. The maximum atomic E-state index is 12.2. The Hall–Kier alpha value is -0.570. The van der Waals surface area contributed by atoms with Gasteiger partial charge in [-0.1, -0.05) is 41.0 Å². The van der Waals surface area contributed by atoms with Crippen molar-refractivity contribution < 1.29 is 4.79 Å². The number of rotatable bonds is 2. The smallest absolute Gasteiger partial charge is 0.240 e. The quantitative estimate of drug-likeness (QED) is 0.805. The van der Waals surface area contributed by atoms with E-state index in [9.17, 15) is 4.79 Å². The maximum absolute atomic E-state index is 12.2. The number of carbonyl (C=O) groups excluding carboxylic acids is 1. The lowest BCUT2D eigenvalue weighted by Crippen LogP contribution is -2.53. The Labute approximate surface area is 106 Å². The van der Waals surface area contributed by atoms with Gasteiger partial charge in [0, 0.05) is 13.1 Å². The van der Waals surface area contributed by atoms with E-state index < -0.39 is 0 Å². The molecule has 0 bridgehead atoms. The molecule has 0 aliphatic carbocycles. The number of piperidine rings is 1. The van der Waals surface area contributed by atoms with Crippen LogP contribution in [0.5, 0.6) is 0 Å². The number of amides is 1. The summed E-state index contributed by atoms with van der Waals surface area (Å²) in [5.74, 6) is 0.121. The molecule has 0 aromatic rings. The van der Waals surface area contributed by atoms with Crippen LogP contribution in [0.25, 0.3) is 0 Å². The number of hydrogen-bond acceptors (Lipinski definition) is 2. The molecular weight excluding hydrogens is 212 g/mol. The molecule has 1 aliphatic rings. The second-order valence-corrected chi connectivity index (χ2v) is 6.83. The minimum absolute atomic E-state index is 0.121. The first-order chi connectivity index (χ1) is 7.69. The van der Waals surface area contributed by atoms with Crippen molar-refractivity contribution in [2.45, 2.75) is 59.9 Å². The Bertz CT molecular complexity index is 272. The van der Waals surface area contributed by atoms with Crippen molar-refractivity contribution in [1.29, 1.82) is 0 Å². The SMILES string of the molecule is CCC1(C)CCN(C(=O)C(N)C(C)(C)C)CC1. The standard InChI is InChI=1S/C14H28N2O/c1-6-14(5)7-9-16(10-8-14)12(17)11(15)13(2,3)4/h11H,6-10,15H2,1-5H3. The van der Waals surface area contributed by atoms with Gasteiger partial charge in [0.2, 0.25) is 5.91 Å². The van der Waals surface area contributed by atoms with Crippen molar-refractivity contribution >= 4 is 5.91 Å². The molecule has 2 N–H and O–H groups in total. The molecular formula is C14H28N2O. The molecule has 1 saturated heterocycles. The van der Waals surface area contributed by atoms with E-state index in [1.807, 2.05) is 25.7 Å². The second kappa shape index (κ2) is 4.97. The monoisotopic (exact) mass is 240 g/mol. The summed E-state index contributed by atoms with van der Waals surface area (Å²) in [4.78, 5) is 14.2. The molecule has 1 amide bonds. The number of nitrogens with two attached hydrogens (primary N) is 1. The predicted octanol–water partition coefficient (Wildman–Crippen LogP) is 2.40. The van der Waals surface area contributed by atoms with Gasteiger partial charge in [-0.2, -0.15) is 0 Å². The highest BCUT2D eigenvalue weighted by Gasteiger charge is 2.35. The molecule has 3 nitrogen and oxygen atoms in total. The van der Waals surface area contributed by atoms with Crippen LogP contribution in [0.15, 0.2) is 0 Å². The number of nitrogens with zero attached hydrogens (tertiary/aromatic N) is 1. The van der Waals surface area contributed by atoms with Crippen LogP contribution in [0.4, 0.5) is 0 Å². The second-order valence-electron chi connectivity index (χ2n) is 6.83. The van der Waals surface area contributed by atoms with Gasteiger partial charge < -0.3 is 10.6 Å². The number of hydrogen-bond donors (Lipinski definition) is 1. The van der Waals surface area contributed by atoms with Crippen LogP contribution in [0.3, 0.4) is 0 Å². The van der Waals surface area contributed by atoms with Crippen LogP contribution < -0.4 is 5.73 Å². The van der Waals surface area contributed by atoms with Crippen LogP contribution in [-0.2, 0) is 4.79 Å². The summed E-state index contributed by atoms with van der Waals surface area (Å²) in [6.45, 7) is 12.4. The Morgan fingerprint density at radius 2 is 1.82 bits per heavy atom. The van der Waals surface area contributed by atoms with Crippen LogP contribution in [0, 0.1) is 10.8 Å². The largest absolute Gasteiger partial charge is 0.341 e. The summed E-state index contributed by atoms with van der Waals surface area (Å²) in [5, 5.41) is 0. The number of carbonyl (C=O) groups is 1. The van der Waals surface area contributed by atoms with Crippen molar-refractivity contribution in [2.24, 2.45) is 16.6 Å². The molecule has 100 valence electrons. The molecule has 1 unspecified atom stereocenters. The lowest BCUT2D eigenvalue weighted by atomic mass is 9.77. The minimum atomic E-state index is -0.381. The Morgan fingerprint density at radius 1 is 1.35 bits per heavy atom. The fourth-order valence-corrected chi connectivity index (χ4v) is 2.19. The average molecular weight is 240 g/mol. The van der Waals surface area contributed by atoms with Gasteiger partial charge in [0.1, 0.15) is 0 Å². The van der Waals surface area contributed by atoms with Crippen molar-refractivity contribution in [3.8, 4) is 0 Å². The fraction of sp³-hybridized carbons (Fsp3) is 0.929. The van der Waals surface area contributed by atoms with E-state index in [4.69, 9.17) is 5.73 Å². The van der Waals surface area contributed by atoms with Gasteiger partial charge in [-0.25, -0.2) is 0 Å². The molecule has 3 heteroatoms. The molecule has 1 fully saturated rings. The van der Waals surface area contributed by atoms with Crippen LogP contribution in [0.2, 0.25) is 0 Å². The fourth-order valence-electron chi connectivity index (χ4n) is 2.19. The van der Waals surface area contributed by atoms with Crippen LogP contribution >= 0.6 is 0 Å². The molecule has 1 rings (SSSR count).